The van der Waals surface area contributed by atoms with Crippen LogP contribution in [-0.4, -0.2) is 22.1 Å². The van der Waals surface area contributed by atoms with E-state index in [1.165, 1.54) is 11.8 Å². The van der Waals surface area contributed by atoms with E-state index in [2.05, 4.69) is 10.3 Å². The van der Waals surface area contributed by atoms with Crippen LogP contribution in [0.1, 0.15) is 36.0 Å². The summed E-state index contributed by atoms with van der Waals surface area (Å²) in [5.41, 5.74) is 2.07. The lowest BCUT2D eigenvalue weighted by atomic mass is 9.86. The predicted molar refractivity (Wildman–Crippen MR) is 123 cm³/mol. The highest BCUT2D eigenvalue weighted by atomic mass is 35.5. The zero-order valence-corrected chi connectivity index (χ0v) is 18.8. The van der Waals surface area contributed by atoms with Crippen molar-refractivity contribution >= 4 is 35.1 Å². The summed E-state index contributed by atoms with van der Waals surface area (Å²) < 4.78 is 7.38. The molecule has 0 fully saturated rings. The van der Waals surface area contributed by atoms with Crippen molar-refractivity contribution in [1.29, 1.82) is 0 Å². The van der Waals surface area contributed by atoms with Crippen molar-refractivity contribution in [3.63, 3.8) is 0 Å². The lowest BCUT2D eigenvalue weighted by Gasteiger charge is -2.27. The Balaban J connectivity index is 1.70. The lowest BCUT2D eigenvalue weighted by Crippen LogP contribution is -2.33. The number of rotatable bonds is 6. The van der Waals surface area contributed by atoms with Crippen LogP contribution < -0.4 is 15.6 Å². The molecule has 0 aliphatic carbocycles. The first-order valence-corrected chi connectivity index (χ1v) is 11.3. The molecule has 160 valence electrons. The molecule has 1 amide bonds. The smallest absolute Gasteiger partial charge is 0.279 e. The fourth-order valence-corrected chi connectivity index (χ4v) is 4.83. The number of benzene rings is 2. The van der Waals surface area contributed by atoms with Gasteiger partial charge in [0.2, 0.25) is 5.91 Å². The molecule has 0 unspecified atom stereocenters. The molecular formula is C23H22ClN3O3S. The lowest BCUT2D eigenvalue weighted by molar-refractivity contribution is -0.116. The zero-order chi connectivity index (χ0) is 22.0. The van der Waals surface area contributed by atoms with Gasteiger partial charge >= 0.3 is 0 Å². The summed E-state index contributed by atoms with van der Waals surface area (Å²) in [6.07, 6.45) is 0.189. The number of amides is 1. The molecule has 3 aromatic rings. The number of carbonyl (C=O) groups is 1. The second kappa shape index (κ2) is 9.16. The summed E-state index contributed by atoms with van der Waals surface area (Å²) in [7, 11) is 1.81. The highest BCUT2D eigenvalue weighted by Gasteiger charge is 2.32. The fraction of sp³-hybridized carbons (Fsp3) is 0.261. The molecule has 8 heteroatoms. The van der Waals surface area contributed by atoms with Crippen LogP contribution in [0.5, 0.6) is 5.75 Å². The van der Waals surface area contributed by atoms with Crippen molar-refractivity contribution in [2.45, 2.75) is 30.2 Å². The largest absolute Gasteiger partial charge is 0.494 e. The summed E-state index contributed by atoms with van der Waals surface area (Å²) in [5, 5.41) is 4.07. The third-order valence-corrected chi connectivity index (χ3v) is 6.47. The average Bonchev–Trinajstić information content (AvgIpc) is 2.75. The number of halogens is 1. The molecule has 4 rings (SSSR count). The minimum Gasteiger partial charge on any atom is -0.494 e. The number of nitrogens with zero attached hydrogens (tertiary/aromatic N) is 2. The number of ether oxygens (including phenoxy) is 1. The maximum absolute atomic E-state index is 13.1. The first-order chi connectivity index (χ1) is 15.0. The van der Waals surface area contributed by atoms with Gasteiger partial charge in [0.15, 0.2) is 5.16 Å². The van der Waals surface area contributed by atoms with E-state index in [9.17, 15) is 9.59 Å². The topological polar surface area (TPSA) is 73.2 Å². The summed E-state index contributed by atoms with van der Waals surface area (Å²) in [6, 6.07) is 15.1. The molecule has 31 heavy (non-hydrogen) atoms. The Morgan fingerprint density at radius 1 is 1.23 bits per heavy atom. The Morgan fingerprint density at radius 2 is 2.03 bits per heavy atom. The molecule has 6 nitrogen and oxygen atoms in total. The van der Waals surface area contributed by atoms with Gasteiger partial charge in [-0.25, -0.2) is 0 Å². The van der Waals surface area contributed by atoms with Gasteiger partial charge in [-0.1, -0.05) is 47.6 Å². The number of thioether (sulfide) groups is 1. The molecule has 0 radical (unpaired) electrons. The quantitative estimate of drug-likeness (QED) is 0.434. The Morgan fingerprint density at radius 3 is 2.81 bits per heavy atom. The first-order valence-electron chi connectivity index (χ1n) is 9.97. The third-order valence-electron chi connectivity index (χ3n) is 5.13. The third kappa shape index (κ3) is 4.62. The summed E-state index contributed by atoms with van der Waals surface area (Å²) in [6.45, 7) is 2.46. The van der Waals surface area contributed by atoms with Gasteiger partial charge in [-0.05, 0) is 42.3 Å². The van der Waals surface area contributed by atoms with Crippen molar-refractivity contribution in [1.82, 2.24) is 9.55 Å². The summed E-state index contributed by atoms with van der Waals surface area (Å²) >= 11 is 7.49. The van der Waals surface area contributed by atoms with Gasteiger partial charge in [-0.15, -0.1) is 0 Å². The fourth-order valence-electron chi connectivity index (χ4n) is 3.71. The van der Waals surface area contributed by atoms with Crippen LogP contribution in [0.3, 0.4) is 0 Å². The van der Waals surface area contributed by atoms with E-state index in [-0.39, 0.29) is 23.8 Å². The number of hydrogen-bond donors (Lipinski definition) is 1. The minimum atomic E-state index is -0.373. The van der Waals surface area contributed by atoms with Gasteiger partial charge in [0.25, 0.3) is 5.56 Å². The normalized spacial score (nSPS) is 15.3. The van der Waals surface area contributed by atoms with E-state index in [1.54, 1.807) is 4.57 Å². The maximum Gasteiger partial charge on any atom is 0.279 e. The van der Waals surface area contributed by atoms with E-state index in [0.29, 0.717) is 39.7 Å². The van der Waals surface area contributed by atoms with Crippen LogP contribution in [0.2, 0.25) is 5.02 Å². The van der Waals surface area contributed by atoms with E-state index in [1.807, 2.05) is 62.5 Å². The van der Waals surface area contributed by atoms with Crippen molar-refractivity contribution in [3.05, 3.63) is 80.6 Å². The van der Waals surface area contributed by atoms with Crippen molar-refractivity contribution in [3.8, 4) is 5.75 Å². The molecule has 1 N–H and O–H groups in total. The number of fused-ring (bicyclic) bond motifs is 1. The van der Waals surface area contributed by atoms with Crippen LogP contribution >= 0.6 is 23.4 Å². The SMILES string of the molecule is CCOc1cccc([C@@H]2CC(=O)Nc3c2c(=O)nc(SCc2cccc(Cl)c2)n3C)c1. The van der Waals surface area contributed by atoms with E-state index < -0.39 is 0 Å². The molecule has 0 spiro atoms. The monoisotopic (exact) mass is 455 g/mol. The van der Waals surface area contributed by atoms with Crippen LogP contribution in [0.25, 0.3) is 0 Å². The summed E-state index contributed by atoms with van der Waals surface area (Å²) in [5.74, 6) is 1.31. The predicted octanol–water partition coefficient (Wildman–Crippen LogP) is 4.60. The molecule has 1 aromatic heterocycles. The molecule has 0 saturated carbocycles. The number of carbonyl (C=O) groups excluding carboxylic acids is 1. The minimum absolute atomic E-state index is 0.133. The molecular weight excluding hydrogens is 434 g/mol. The van der Waals surface area contributed by atoms with Crippen molar-refractivity contribution in [2.24, 2.45) is 7.05 Å². The van der Waals surface area contributed by atoms with E-state index in [0.717, 1.165) is 11.1 Å². The molecule has 2 aromatic carbocycles. The Bertz CT molecular complexity index is 1190. The van der Waals surface area contributed by atoms with E-state index >= 15 is 0 Å². The number of aromatic nitrogens is 2. The molecule has 1 atom stereocenters. The molecule has 2 heterocycles. The highest BCUT2D eigenvalue weighted by molar-refractivity contribution is 7.98. The van der Waals surface area contributed by atoms with Gasteiger partial charge in [0, 0.05) is 30.2 Å². The first kappa shape index (κ1) is 21.5. The average molecular weight is 456 g/mol. The van der Waals surface area contributed by atoms with Gasteiger partial charge in [-0.2, -0.15) is 4.98 Å². The summed E-state index contributed by atoms with van der Waals surface area (Å²) in [4.78, 5) is 29.9. The zero-order valence-electron chi connectivity index (χ0n) is 17.2. The van der Waals surface area contributed by atoms with Crippen LogP contribution in [0.4, 0.5) is 5.82 Å². The second-order valence-corrected chi connectivity index (χ2v) is 8.63. The number of hydrogen-bond acceptors (Lipinski definition) is 5. The Kier molecular flexibility index (Phi) is 6.34. The van der Waals surface area contributed by atoms with Crippen LogP contribution in [0.15, 0.2) is 58.5 Å². The van der Waals surface area contributed by atoms with Crippen LogP contribution in [-0.2, 0) is 17.6 Å². The molecule has 1 aliphatic rings. The molecule has 0 bridgehead atoms. The second-order valence-electron chi connectivity index (χ2n) is 7.25. The highest BCUT2D eigenvalue weighted by Crippen LogP contribution is 2.37. The standard InChI is InChI=1S/C23H22ClN3O3S/c1-3-30-17-9-5-7-15(11-17)18-12-19(28)25-21-20(18)22(29)26-23(27(21)2)31-13-14-6-4-8-16(24)10-14/h4-11,18H,3,12-13H2,1-2H3,(H,25,28)/t18-/m0/s1. The number of nitrogens with one attached hydrogen (secondary N) is 1. The van der Waals surface area contributed by atoms with Gasteiger partial charge in [0.1, 0.15) is 11.6 Å². The van der Waals surface area contributed by atoms with Gasteiger partial charge < -0.3 is 14.6 Å². The Labute approximate surface area is 189 Å². The number of anilines is 1. The molecule has 1 aliphatic heterocycles. The van der Waals surface area contributed by atoms with Gasteiger partial charge in [-0.3, -0.25) is 9.59 Å². The Hall–Kier alpha value is -2.77. The van der Waals surface area contributed by atoms with Crippen LogP contribution in [0, 0.1) is 0 Å². The van der Waals surface area contributed by atoms with Crippen molar-refractivity contribution in [2.75, 3.05) is 11.9 Å². The van der Waals surface area contributed by atoms with E-state index in [4.69, 9.17) is 16.3 Å². The van der Waals surface area contributed by atoms with Crippen molar-refractivity contribution < 1.29 is 9.53 Å². The molecule has 0 saturated heterocycles. The maximum atomic E-state index is 13.1. The van der Waals surface area contributed by atoms with Gasteiger partial charge in [0.05, 0.1) is 12.2 Å².